The van der Waals surface area contributed by atoms with Crippen LogP contribution >= 0.6 is 0 Å². The summed E-state index contributed by atoms with van der Waals surface area (Å²) in [6.07, 6.45) is 15.8. The summed E-state index contributed by atoms with van der Waals surface area (Å²) in [7, 11) is 0. The molecule has 0 amide bonds. The van der Waals surface area contributed by atoms with Gasteiger partial charge in [-0.15, -0.1) is 0 Å². The van der Waals surface area contributed by atoms with Crippen LogP contribution in [0.25, 0.3) is 0 Å². The number of hydrogen-bond acceptors (Lipinski definition) is 2. The van der Waals surface area contributed by atoms with Gasteiger partial charge in [0.1, 0.15) is 0 Å². The van der Waals surface area contributed by atoms with Crippen LogP contribution in [-0.4, -0.2) is 4.90 Å². The molecule has 0 bridgehead atoms. The topological polar surface area (TPSA) is 29.3 Å². The minimum Gasteiger partial charge on any atom is -0.399 e. The maximum absolute atomic E-state index is 5.65. The van der Waals surface area contributed by atoms with Gasteiger partial charge in [0.25, 0.3) is 0 Å². The molecule has 2 rings (SSSR count). The zero-order valence-corrected chi connectivity index (χ0v) is 6.64. The lowest BCUT2D eigenvalue weighted by atomic mass is 10.2. The van der Waals surface area contributed by atoms with Gasteiger partial charge in [-0.2, -0.15) is 0 Å². The molecule has 2 nitrogen and oxygen atoms in total. The number of fused-ring (bicyclic) bond motifs is 1. The lowest BCUT2D eigenvalue weighted by Crippen LogP contribution is -2.12. The minimum absolute atomic E-state index is 0.793. The van der Waals surface area contributed by atoms with E-state index in [9.17, 15) is 0 Å². The summed E-state index contributed by atoms with van der Waals surface area (Å²) in [6, 6.07) is 0. The fourth-order valence-corrected chi connectivity index (χ4v) is 1.18. The van der Waals surface area contributed by atoms with Crippen molar-refractivity contribution in [1.82, 2.24) is 4.90 Å². The first-order chi connectivity index (χ1) is 5.86. The Morgan fingerprint density at radius 3 is 2.92 bits per heavy atom. The number of allylic oxidation sites excluding steroid dienone is 6. The number of nitrogens with two attached hydrogens (primary N) is 1. The molecule has 2 aliphatic heterocycles. The first kappa shape index (κ1) is 6.98. The maximum Gasteiger partial charge on any atom is 0.0469 e. The second kappa shape index (κ2) is 2.74. The molecular formula is C10H10N2. The highest BCUT2D eigenvalue weighted by Crippen LogP contribution is 2.16. The van der Waals surface area contributed by atoms with Crippen molar-refractivity contribution in [2.24, 2.45) is 5.73 Å². The van der Waals surface area contributed by atoms with E-state index >= 15 is 0 Å². The van der Waals surface area contributed by atoms with Gasteiger partial charge in [0, 0.05) is 23.8 Å². The molecule has 0 fully saturated rings. The van der Waals surface area contributed by atoms with Crippen LogP contribution in [0.1, 0.15) is 0 Å². The van der Waals surface area contributed by atoms with Crippen molar-refractivity contribution in [1.29, 1.82) is 0 Å². The van der Waals surface area contributed by atoms with Gasteiger partial charge in [0.15, 0.2) is 0 Å². The summed E-state index contributed by atoms with van der Waals surface area (Å²) in [6.45, 7) is 0. The van der Waals surface area contributed by atoms with Crippen molar-refractivity contribution in [3.63, 3.8) is 0 Å². The van der Waals surface area contributed by atoms with Gasteiger partial charge >= 0.3 is 0 Å². The molecule has 2 N–H and O–H groups in total. The van der Waals surface area contributed by atoms with E-state index in [1.165, 1.54) is 0 Å². The van der Waals surface area contributed by atoms with E-state index in [1.54, 1.807) is 0 Å². The molecule has 0 atom stereocenters. The van der Waals surface area contributed by atoms with E-state index in [1.807, 2.05) is 53.8 Å². The van der Waals surface area contributed by atoms with Crippen LogP contribution in [0.3, 0.4) is 0 Å². The second-order valence-electron chi connectivity index (χ2n) is 2.69. The van der Waals surface area contributed by atoms with Crippen LogP contribution in [0.5, 0.6) is 0 Å². The molecule has 0 aromatic heterocycles. The quantitative estimate of drug-likeness (QED) is 0.580. The summed E-state index contributed by atoms with van der Waals surface area (Å²) >= 11 is 0. The monoisotopic (exact) mass is 158 g/mol. The second-order valence-corrected chi connectivity index (χ2v) is 2.69. The SMILES string of the molecule is NC1=CC2=CC=CC=CN2C=C1. The molecule has 0 radical (unpaired) electrons. The Kier molecular flexibility index (Phi) is 1.59. The van der Waals surface area contributed by atoms with E-state index in [-0.39, 0.29) is 0 Å². The van der Waals surface area contributed by atoms with Gasteiger partial charge in [-0.1, -0.05) is 12.2 Å². The third-order valence-electron chi connectivity index (χ3n) is 1.78. The first-order valence-corrected chi connectivity index (χ1v) is 3.85. The molecular weight excluding hydrogens is 148 g/mol. The highest BCUT2D eigenvalue weighted by Gasteiger charge is 2.05. The minimum atomic E-state index is 0.793. The molecule has 60 valence electrons. The molecule has 2 heterocycles. The summed E-state index contributed by atoms with van der Waals surface area (Å²) in [5.41, 5.74) is 7.54. The molecule has 12 heavy (non-hydrogen) atoms. The largest absolute Gasteiger partial charge is 0.399 e. The zero-order valence-electron chi connectivity index (χ0n) is 6.64. The number of rotatable bonds is 0. The van der Waals surface area contributed by atoms with Gasteiger partial charge < -0.3 is 10.6 Å². The van der Waals surface area contributed by atoms with Crippen LogP contribution < -0.4 is 5.73 Å². The van der Waals surface area contributed by atoms with E-state index < -0.39 is 0 Å². The standard InChI is InChI=1S/C10H10N2/c11-9-5-7-12-6-3-1-2-4-10(12)8-9/h1-8H,11H2. The fraction of sp³-hybridized carbons (Fsp3) is 0. The third kappa shape index (κ3) is 1.19. The average molecular weight is 158 g/mol. The highest BCUT2D eigenvalue weighted by atomic mass is 15.1. The van der Waals surface area contributed by atoms with Crippen molar-refractivity contribution < 1.29 is 0 Å². The maximum atomic E-state index is 5.65. The van der Waals surface area contributed by atoms with Crippen molar-refractivity contribution in [3.8, 4) is 0 Å². The van der Waals surface area contributed by atoms with Gasteiger partial charge in [-0.25, -0.2) is 0 Å². The molecule has 0 aliphatic carbocycles. The third-order valence-corrected chi connectivity index (χ3v) is 1.78. The Labute approximate surface area is 71.7 Å². The Morgan fingerprint density at radius 2 is 2.00 bits per heavy atom. The Balaban J connectivity index is 2.40. The molecule has 2 aliphatic rings. The van der Waals surface area contributed by atoms with Crippen LogP contribution in [0.15, 0.2) is 60.3 Å². The van der Waals surface area contributed by atoms with Crippen molar-refractivity contribution in [2.45, 2.75) is 0 Å². The molecule has 0 saturated carbocycles. The van der Waals surface area contributed by atoms with Gasteiger partial charge in [-0.3, -0.25) is 0 Å². The number of nitrogens with zero attached hydrogens (tertiary/aromatic N) is 1. The summed E-state index contributed by atoms with van der Waals surface area (Å²) in [5, 5.41) is 0. The summed E-state index contributed by atoms with van der Waals surface area (Å²) < 4.78 is 0. The zero-order chi connectivity index (χ0) is 8.39. The van der Waals surface area contributed by atoms with Gasteiger partial charge in [-0.05, 0) is 24.3 Å². The molecule has 0 unspecified atom stereocenters. The van der Waals surface area contributed by atoms with E-state index in [2.05, 4.69) is 0 Å². The van der Waals surface area contributed by atoms with Crippen LogP contribution in [0, 0.1) is 0 Å². The van der Waals surface area contributed by atoms with Crippen molar-refractivity contribution in [3.05, 3.63) is 60.3 Å². The Bertz CT molecular complexity index is 330. The summed E-state index contributed by atoms with van der Waals surface area (Å²) in [5.74, 6) is 0. The fourth-order valence-electron chi connectivity index (χ4n) is 1.18. The smallest absolute Gasteiger partial charge is 0.0469 e. The molecule has 0 aromatic rings. The Morgan fingerprint density at radius 1 is 1.08 bits per heavy atom. The molecule has 0 spiro atoms. The van der Waals surface area contributed by atoms with Crippen molar-refractivity contribution >= 4 is 0 Å². The predicted molar refractivity (Wildman–Crippen MR) is 49.6 cm³/mol. The van der Waals surface area contributed by atoms with Gasteiger partial charge in [0.05, 0.1) is 0 Å². The lowest BCUT2D eigenvalue weighted by molar-refractivity contribution is 0.643. The highest BCUT2D eigenvalue weighted by molar-refractivity contribution is 5.38. The number of hydrogen-bond donors (Lipinski definition) is 1. The van der Waals surface area contributed by atoms with Crippen molar-refractivity contribution in [2.75, 3.05) is 0 Å². The van der Waals surface area contributed by atoms with E-state index in [4.69, 9.17) is 5.73 Å². The lowest BCUT2D eigenvalue weighted by Gasteiger charge is -2.19. The summed E-state index contributed by atoms with van der Waals surface area (Å²) in [4.78, 5) is 2.02. The molecule has 2 heteroatoms. The molecule has 0 saturated heterocycles. The van der Waals surface area contributed by atoms with Crippen LogP contribution in [0.2, 0.25) is 0 Å². The van der Waals surface area contributed by atoms with Crippen LogP contribution in [0.4, 0.5) is 0 Å². The van der Waals surface area contributed by atoms with Crippen LogP contribution in [-0.2, 0) is 0 Å². The normalized spacial score (nSPS) is 19.8. The average Bonchev–Trinajstić information content (AvgIpc) is 2.28. The first-order valence-electron chi connectivity index (χ1n) is 3.85. The van der Waals surface area contributed by atoms with E-state index in [0.717, 1.165) is 11.4 Å². The van der Waals surface area contributed by atoms with E-state index in [0.29, 0.717) is 0 Å². The predicted octanol–water partition coefficient (Wildman–Crippen LogP) is 1.63. The van der Waals surface area contributed by atoms with Gasteiger partial charge in [0.2, 0.25) is 0 Å². The molecule has 0 aromatic carbocycles. The Hall–Kier alpha value is -1.70.